The number of rotatable bonds is 5. The van der Waals surface area contributed by atoms with Crippen LogP contribution in [0.2, 0.25) is 0 Å². The van der Waals surface area contributed by atoms with Crippen molar-refractivity contribution < 1.29 is 23.6 Å². The van der Waals surface area contributed by atoms with Crippen molar-refractivity contribution in [1.29, 1.82) is 0 Å². The van der Waals surface area contributed by atoms with E-state index < -0.39 is 7.82 Å². The topological polar surface area (TPSA) is 76.0 Å². The Bertz CT molecular complexity index is 299. The zero-order valence-corrected chi connectivity index (χ0v) is 12.5. The molecule has 3 atom stereocenters. The normalized spacial score (nSPS) is 30.1. The summed E-state index contributed by atoms with van der Waals surface area (Å²) in [5.74, 6) is 1.47. The summed E-state index contributed by atoms with van der Waals surface area (Å²) < 4.78 is 21.2. The van der Waals surface area contributed by atoms with Crippen molar-refractivity contribution in [3.63, 3.8) is 0 Å². The minimum atomic E-state index is -4.39. The molecule has 1 saturated heterocycles. The van der Waals surface area contributed by atoms with Crippen molar-refractivity contribution >= 4 is 7.82 Å². The zero-order chi connectivity index (χ0) is 13.9. The molecule has 0 radical (unpaired) electrons. The summed E-state index contributed by atoms with van der Waals surface area (Å²) in [6.07, 6.45) is 1.76. The molecule has 6 heteroatoms. The molecule has 0 bridgehead atoms. The summed E-state index contributed by atoms with van der Waals surface area (Å²) in [6, 6.07) is 0. The first kappa shape index (κ1) is 16.1. The highest BCUT2D eigenvalue weighted by Crippen LogP contribution is 2.39. The minimum Gasteiger partial charge on any atom is -0.372 e. The Hall–Kier alpha value is 0.0700. The van der Waals surface area contributed by atoms with Crippen LogP contribution in [0.25, 0.3) is 0 Å². The first-order valence-corrected chi connectivity index (χ1v) is 8.09. The third-order valence-electron chi connectivity index (χ3n) is 3.54. The van der Waals surface area contributed by atoms with Gasteiger partial charge in [0.25, 0.3) is 0 Å². The quantitative estimate of drug-likeness (QED) is 0.757. The van der Waals surface area contributed by atoms with Gasteiger partial charge >= 0.3 is 7.82 Å². The van der Waals surface area contributed by atoms with Crippen LogP contribution < -0.4 is 0 Å². The molecule has 0 aliphatic carbocycles. The first-order valence-electron chi connectivity index (χ1n) is 6.56. The van der Waals surface area contributed by atoms with E-state index in [4.69, 9.17) is 14.5 Å². The Kier molecular flexibility index (Phi) is 5.81. The van der Waals surface area contributed by atoms with Crippen LogP contribution in [0.4, 0.5) is 0 Å². The fourth-order valence-corrected chi connectivity index (χ4v) is 2.96. The molecule has 0 aromatic rings. The van der Waals surface area contributed by atoms with E-state index in [-0.39, 0.29) is 18.8 Å². The van der Waals surface area contributed by atoms with Crippen LogP contribution in [-0.4, -0.2) is 28.6 Å². The van der Waals surface area contributed by atoms with E-state index in [1.807, 2.05) is 0 Å². The van der Waals surface area contributed by atoms with E-state index in [9.17, 15) is 4.57 Å². The summed E-state index contributed by atoms with van der Waals surface area (Å²) in [5, 5.41) is 0. The van der Waals surface area contributed by atoms with Crippen LogP contribution >= 0.6 is 7.82 Å². The number of hydrogen-bond donors (Lipinski definition) is 2. The van der Waals surface area contributed by atoms with Crippen LogP contribution in [0.3, 0.4) is 0 Å². The minimum absolute atomic E-state index is 0.0295. The Morgan fingerprint density at radius 3 is 2.28 bits per heavy atom. The second-order valence-electron chi connectivity index (χ2n) is 5.74. The Morgan fingerprint density at radius 2 is 1.83 bits per heavy atom. The number of ether oxygens (including phenoxy) is 1. The van der Waals surface area contributed by atoms with Crippen LogP contribution in [0.5, 0.6) is 0 Å². The van der Waals surface area contributed by atoms with Crippen molar-refractivity contribution in [1.82, 2.24) is 0 Å². The molecule has 1 heterocycles. The molecule has 0 aromatic carbocycles. The van der Waals surface area contributed by atoms with Crippen LogP contribution in [0, 0.1) is 17.8 Å². The van der Waals surface area contributed by atoms with Gasteiger partial charge in [-0.25, -0.2) is 4.57 Å². The lowest BCUT2D eigenvalue weighted by molar-refractivity contribution is -0.127. The Morgan fingerprint density at radius 1 is 1.22 bits per heavy atom. The maximum atomic E-state index is 10.7. The molecule has 1 fully saturated rings. The van der Waals surface area contributed by atoms with Gasteiger partial charge in [-0.15, -0.1) is 0 Å². The largest absolute Gasteiger partial charge is 0.469 e. The number of phosphoric acid groups is 1. The van der Waals surface area contributed by atoms with E-state index in [0.717, 1.165) is 12.8 Å². The highest BCUT2D eigenvalue weighted by molar-refractivity contribution is 7.46. The summed E-state index contributed by atoms with van der Waals surface area (Å²) in [7, 11) is -4.39. The van der Waals surface area contributed by atoms with Gasteiger partial charge in [-0.05, 0) is 30.6 Å². The van der Waals surface area contributed by atoms with Crippen molar-refractivity contribution in [2.75, 3.05) is 6.61 Å². The monoisotopic (exact) mass is 280 g/mol. The average Bonchev–Trinajstić information content (AvgIpc) is 2.24. The molecule has 1 rings (SSSR count). The van der Waals surface area contributed by atoms with Crippen LogP contribution in [0.15, 0.2) is 0 Å². The molecule has 3 unspecified atom stereocenters. The molecule has 5 nitrogen and oxygen atoms in total. The van der Waals surface area contributed by atoms with E-state index in [2.05, 4.69) is 32.2 Å². The summed E-state index contributed by atoms with van der Waals surface area (Å²) in [6.45, 7) is 8.59. The van der Waals surface area contributed by atoms with Crippen LogP contribution in [-0.2, 0) is 13.8 Å². The van der Waals surface area contributed by atoms with Crippen molar-refractivity contribution in [3.05, 3.63) is 0 Å². The highest BCUT2D eigenvalue weighted by Gasteiger charge is 2.35. The molecular formula is C12H25O5P. The van der Waals surface area contributed by atoms with Crippen molar-refractivity contribution in [2.45, 2.75) is 52.7 Å². The Balaban J connectivity index is 2.55. The summed E-state index contributed by atoms with van der Waals surface area (Å²) in [4.78, 5) is 17.4. The van der Waals surface area contributed by atoms with Gasteiger partial charge in [0.1, 0.15) is 0 Å². The zero-order valence-electron chi connectivity index (χ0n) is 11.6. The maximum Gasteiger partial charge on any atom is 0.469 e. The van der Waals surface area contributed by atoms with Gasteiger partial charge in [0.05, 0.1) is 18.8 Å². The smallest absolute Gasteiger partial charge is 0.372 e. The third-order valence-corrected chi connectivity index (χ3v) is 4.02. The Labute approximate surface area is 109 Å². The van der Waals surface area contributed by atoms with Crippen molar-refractivity contribution in [2.24, 2.45) is 17.8 Å². The molecule has 18 heavy (non-hydrogen) atoms. The SMILES string of the molecule is CC(C)C1CCC(COP(=O)(O)O)OC1C(C)C. The molecule has 1 aliphatic heterocycles. The average molecular weight is 280 g/mol. The van der Waals surface area contributed by atoms with Gasteiger partial charge in [-0.2, -0.15) is 0 Å². The number of hydrogen-bond acceptors (Lipinski definition) is 3. The fraction of sp³-hybridized carbons (Fsp3) is 1.00. The third kappa shape index (κ3) is 4.98. The maximum absolute atomic E-state index is 10.7. The second kappa shape index (κ2) is 6.49. The molecule has 1 aliphatic rings. The summed E-state index contributed by atoms with van der Waals surface area (Å²) in [5.41, 5.74) is 0. The van der Waals surface area contributed by atoms with E-state index >= 15 is 0 Å². The van der Waals surface area contributed by atoms with E-state index in [0.29, 0.717) is 17.8 Å². The molecule has 0 aromatic heterocycles. The van der Waals surface area contributed by atoms with Gasteiger partial charge in [-0.1, -0.05) is 27.7 Å². The van der Waals surface area contributed by atoms with Gasteiger partial charge in [0.15, 0.2) is 0 Å². The molecule has 2 N–H and O–H groups in total. The predicted octanol–water partition coefficient (Wildman–Crippen LogP) is 2.57. The lowest BCUT2D eigenvalue weighted by atomic mass is 9.79. The number of phosphoric ester groups is 1. The molecule has 0 saturated carbocycles. The standard InChI is InChI=1S/C12H25O5P/c1-8(2)11-6-5-10(7-16-18(13,14)15)17-12(11)9(3)4/h8-12H,5-7H2,1-4H3,(H2,13,14,15). The molecule has 0 amide bonds. The fourth-order valence-electron chi connectivity index (χ4n) is 2.60. The molecular weight excluding hydrogens is 255 g/mol. The van der Waals surface area contributed by atoms with Gasteiger partial charge in [0, 0.05) is 0 Å². The molecule has 0 spiro atoms. The lowest BCUT2D eigenvalue weighted by Gasteiger charge is -2.40. The van der Waals surface area contributed by atoms with Gasteiger partial charge in [-0.3, -0.25) is 4.52 Å². The predicted molar refractivity (Wildman–Crippen MR) is 69.1 cm³/mol. The summed E-state index contributed by atoms with van der Waals surface area (Å²) >= 11 is 0. The van der Waals surface area contributed by atoms with Crippen LogP contribution in [0.1, 0.15) is 40.5 Å². The second-order valence-corrected chi connectivity index (χ2v) is 6.98. The first-order chi connectivity index (χ1) is 8.20. The van der Waals surface area contributed by atoms with Gasteiger partial charge in [0.2, 0.25) is 0 Å². The molecule has 108 valence electrons. The van der Waals surface area contributed by atoms with Gasteiger partial charge < -0.3 is 14.5 Å². The highest BCUT2D eigenvalue weighted by atomic mass is 31.2. The van der Waals surface area contributed by atoms with E-state index in [1.54, 1.807) is 0 Å². The van der Waals surface area contributed by atoms with E-state index in [1.165, 1.54) is 0 Å². The van der Waals surface area contributed by atoms with Crippen molar-refractivity contribution in [3.8, 4) is 0 Å². The lowest BCUT2D eigenvalue weighted by Crippen LogP contribution is -2.42.